The largest absolute Gasteiger partial charge is 0.375 e. The lowest BCUT2D eigenvalue weighted by Gasteiger charge is -2.22. The minimum atomic E-state index is -0.109. The van der Waals surface area contributed by atoms with Crippen molar-refractivity contribution in [1.82, 2.24) is 9.80 Å². The first-order valence-electron chi connectivity index (χ1n) is 8.37. The zero-order valence-electron chi connectivity index (χ0n) is 14.4. The Balaban J connectivity index is 1.94. The number of benzene rings is 1. The smallest absolute Gasteiger partial charge is 0.254 e. The van der Waals surface area contributed by atoms with E-state index in [-0.39, 0.29) is 18.4 Å². The molecule has 1 fully saturated rings. The van der Waals surface area contributed by atoms with E-state index in [0.29, 0.717) is 5.56 Å². The van der Waals surface area contributed by atoms with E-state index >= 15 is 0 Å². The molecule has 0 unspecified atom stereocenters. The molecule has 0 N–H and O–H groups in total. The molecular formula is C18H27N3O2. The number of hydrogen-bond acceptors (Lipinski definition) is 3. The van der Waals surface area contributed by atoms with Gasteiger partial charge in [-0.05, 0) is 43.5 Å². The summed E-state index contributed by atoms with van der Waals surface area (Å²) in [5.74, 6) is -0.0695. The molecule has 1 aromatic rings. The molecule has 2 rings (SSSR count). The summed E-state index contributed by atoms with van der Waals surface area (Å²) in [5.41, 5.74) is 1.72. The molecule has 1 aliphatic heterocycles. The van der Waals surface area contributed by atoms with Crippen LogP contribution in [-0.4, -0.2) is 61.9 Å². The molecule has 1 aromatic carbocycles. The fourth-order valence-electron chi connectivity index (χ4n) is 2.88. The lowest BCUT2D eigenvalue weighted by molar-refractivity contribution is -0.130. The fourth-order valence-corrected chi connectivity index (χ4v) is 2.88. The van der Waals surface area contributed by atoms with Crippen LogP contribution in [0.15, 0.2) is 24.3 Å². The van der Waals surface area contributed by atoms with Gasteiger partial charge in [-0.15, -0.1) is 0 Å². The van der Waals surface area contributed by atoms with Crippen LogP contribution in [0.3, 0.4) is 0 Å². The molecule has 0 aromatic heterocycles. The molecule has 0 aliphatic carbocycles. The Kier molecular flexibility index (Phi) is 6.02. The molecule has 0 saturated carbocycles. The Hall–Kier alpha value is -2.04. The SMILES string of the molecule is CCCN(C)c1ccc(C(=O)N(C)CC(=O)N2CCCC2)cc1. The van der Waals surface area contributed by atoms with E-state index in [0.717, 1.165) is 44.6 Å². The van der Waals surface area contributed by atoms with Crippen molar-refractivity contribution in [2.45, 2.75) is 26.2 Å². The average molecular weight is 317 g/mol. The predicted octanol–water partition coefficient (Wildman–Crippen LogP) is 2.23. The van der Waals surface area contributed by atoms with Crippen LogP contribution in [0.5, 0.6) is 0 Å². The Labute approximate surface area is 138 Å². The molecule has 1 saturated heterocycles. The summed E-state index contributed by atoms with van der Waals surface area (Å²) >= 11 is 0. The van der Waals surface area contributed by atoms with Crippen molar-refractivity contribution < 1.29 is 9.59 Å². The van der Waals surface area contributed by atoms with Crippen LogP contribution in [0, 0.1) is 0 Å². The van der Waals surface area contributed by atoms with Crippen LogP contribution < -0.4 is 4.90 Å². The summed E-state index contributed by atoms with van der Waals surface area (Å²) in [6, 6.07) is 7.58. The van der Waals surface area contributed by atoms with Gasteiger partial charge in [0.05, 0.1) is 6.54 Å². The molecule has 5 heteroatoms. The van der Waals surface area contributed by atoms with Crippen molar-refractivity contribution in [3.8, 4) is 0 Å². The molecular weight excluding hydrogens is 290 g/mol. The number of likely N-dealkylation sites (N-methyl/N-ethyl adjacent to an activating group) is 1. The third-order valence-corrected chi connectivity index (χ3v) is 4.29. The summed E-state index contributed by atoms with van der Waals surface area (Å²) < 4.78 is 0. The number of nitrogens with zero attached hydrogens (tertiary/aromatic N) is 3. The van der Waals surface area contributed by atoms with E-state index in [1.807, 2.05) is 36.2 Å². The van der Waals surface area contributed by atoms with Gasteiger partial charge in [0.2, 0.25) is 5.91 Å². The van der Waals surface area contributed by atoms with E-state index in [9.17, 15) is 9.59 Å². The Morgan fingerprint density at radius 3 is 2.26 bits per heavy atom. The van der Waals surface area contributed by atoms with Gasteiger partial charge in [0.15, 0.2) is 0 Å². The van der Waals surface area contributed by atoms with Gasteiger partial charge in [-0.2, -0.15) is 0 Å². The second-order valence-electron chi connectivity index (χ2n) is 6.22. The third kappa shape index (κ3) is 4.47. The molecule has 1 aliphatic rings. The number of anilines is 1. The minimum absolute atomic E-state index is 0.0395. The number of carbonyl (C=O) groups is 2. The van der Waals surface area contributed by atoms with Crippen molar-refractivity contribution >= 4 is 17.5 Å². The molecule has 0 spiro atoms. The summed E-state index contributed by atoms with van der Waals surface area (Å²) in [6.45, 7) is 4.91. The molecule has 2 amide bonds. The molecule has 0 radical (unpaired) electrons. The monoisotopic (exact) mass is 317 g/mol. The quantitative estimate of drug-likeness (QED) is 0.808. The van der Waals surface area contributed by atoms with Crippen molar-refractivity contribution in [2.75, 3.05) is 45.2 Å². The summed E-state index contributed by atoms with van der Waals surface area (Å²) in [7, 11) is 3.73. The maximum Gasteiger partial charge on any atom is 0.254 e. The standard InChI is InChI=1S/C18H27N3O2/c1-4-11-19(2)16-9-7-15(8-10-16)18(23)20(3)14-17(22)21-12-5-6-13-21/h7-10H,4-6,11-14H2,1-3H3. The highest BCUT2D eigenvalue weighted by Gasteiger charge is 2.21. The predicted molar refractivity (Wildman–Crippen MR) is 92.8 cm³/mol. The van der Waals surface area contributed by atoms with Crippen LogP contribution >= 0.6 is 0 Å². The van der Waals surface area contributed by atoms with E-state index in [4.69, 9.17) is 0 Å². The summed E-state index contributed by atoms with van der Waals surface area (Å²) in [5, 5.41) is 0. The van der Waals surface area contributed by atoms with Gasteiger partial charge < -0.3 is 14.7 Å². The molecule has 126 valence electrons. The lowest BCUT2D eigenvalue weighted by Crippen LogP contribution is -2.39. The normalized spacial score (nSPS) is 14.0. The third-order valence-electron chi connectivity index (χ3n) is 4.29. The van der Waals surface area contributed by atoms with E-state index in [2.05, 4.69) is 11.8 Å². The molecule has 23 heavy (non-hydrogen) atoms. The van der Waals surface area contributed by atoms with Crippen molar-refractivity contribution in [3.63, 3.8) is 0 Å². The van der Waals surface area contributed by atoms with Gasteiger partial charge in [-0.3, -0.25) is 9.59 Å². The van der Waals surface area contributed by atoms with Gasteiger partial charge in [-0.25, -0.2) is 0 Å². The Morgan fingerprint density at radius 1 is 1.09 bits per heavy atom. The van der Waals surface area contributed by atoms with Crippen LogP contribution in [0.1, 0.15) is 36.5 Å². The summed E-state index contributed by atoms with van der Waals surface area (Å²) in [6.07, 6.45) is 3.21. The van der Waals surface area contributed by atoms with E-state index in [1.165, 1.54) is 4.90 Å². The number of carbonyl (C=O) groups excluding carboxylic acids is 2. The maximum atomic E-state index is 12.4. The van der Waals surface area contributed by atoms with Crippen molar-refractivity contribution in [1.29, 1.82) is 0 Å². The number of hydrogen-bond donors (Lipinski definition) is 0. The van der Waals surface area contributed by atoms with Gasteiger partial charge in [0.25, 0.3) is 5.91 Å². The Morgan fingerprint density at radius 2 is 1.70 bits per heavy atom. The van der Waals surface area contributed by atoms with Gasteiger partial charge >= 0.3 is 0 Å². The first-order valence-corrected chi connectivity index (χ1v) is 8.37. The van der Waals surface area contributed by atoms with Crippen LogP contribution in [-0.2, 0) is 4.79 Å². The minimum Gasteiger partial charge on any atom is -0.375 e. The lowest BCUT2D eigenvalue weighted by atomic mass is 10.1. The van der Waals surface area contributed by atoms with Crippen molar-refractivity contribution in [2.24, 2.45) is 0 Å². The van der Waals surface area contributed by atoms with Crippen molar-refractivity contribution in [3.05, 3.63) is 29.8 Å². The number of amides is 2. The molecule has 0 atom stereocenters. The van der Waals surface area contributed by atoms with Crippen LogP contribution in [0.4, 0.5) is 5.69 Å². The molecule has 0 bridgehead atoms. The number of likely N-dealkylation sites (tertiary alicyclic amines) is 1. The first-order chi connectivity index (χ1) is 11.0. The van der Waals surface area contributed by atoms with Gasteiger partial charge in [-0.1, -0.05) is 6.92 Å². The zero-order chi connectivity index (χ0) is 16.8. The Bertz CT molecular complexity index is 536. The van der Waals surface area contributed by atoms with Gasteiger partial charge in [0, 0.05) is 45.0 Å². The zero-order valence-corrected chi connectivity index (χ0v) is 14.4. The number of rotatable bonds is 6. The molecule has 1 heterocycles. The second kappa shape index (κ2) is 7.99. The highest BCUT2D eigenvalue weighted by molar-refractivity contribution is 5.96. The van der Waals surface area contributed by atoms with E-state index in [1.54, 1.807) is 7.05 Å². The van der Waals surface area contributed by atoms with Crippen LogP contribution in [0.25, 0.3) is 0 Å². The second-order valence-corrected chi connectivity index (χ2v) is 6.22. The van der Waals surface area contributed by atoms with Gasteiger partial charge in [0.1, 0.15) is 0 Å². The summed E-state index contributed by atoms with van der Waals surface area (Å²) in [4.78, 5) is 30.1. The maximum absolute atomic E-state index is 12.4. The highest BCUT2D eigenvalue weighted by atomic mass is 16.2. The fraction of sp³-hybridized carbons (Fsp3) is 0.556. The van der Waals surface area contributed by atoms with Crippen LogP contribution in [0.2, 0.25) is 0 Å². The first kappa shape index (κ1) is 17.3. The average Bonchev–Trinajstić information content (AvgIpc) is 3.09. The van der Waals surface area contributed by atoms with E-state index < -0.39 is 0 Å². The highest BCUT2D eigenvalue weighted by Crippen LogP contribution is 2.15. The molecule has 5 nitrogen and oxygen atoms in total. The topological polar surface area (TPSA) is 43.9 Å².